The lowest BCUT2D eigenvalue weighted by Gasteiger charge is -2.31. The third kappa shape index (κ3) is 3.90. The Balaban J connectivity index is 1.48. The molecule has 9 heteroatoms. The molecule has 0 bridgehead atoms. The molecule has 2 aliphatic rings. The van der Waals surface area contributed by atoms with Crippen LogP contribution in [-0.2, 0) is 4.79 Å². The van der Waals surface area contributed by atoms with Gasteiger partial charge >= 0.3 is 0 Å². The van der Waals surface area contributed by atoms with Crippen molar-refractivity contribution in [1.82, 2.24) is 19.8 Å². The summed E-state index contributed by atoms with van der Waals surface area (Å²) < 4.78 is 5.74. The van der Waals surface area contributed by atoms with Gasteiger partial charge in [-0.3, -0.25) is 14.4 Å². The number of benzene rings is 1. The number of nitrogens with one attached hydrogen (secondary N) is 1. The van der Waals surface area contributed by atoms with E-state index in [1.165, 1.54) is 4.90 Å². The summed E-state index contributed by atoms with van der Waals surface area (Å²) >= 11 is 0. The summed E-state index contributed by atoms with van der Waals surface area (Å²) in [6.07, 6.45) is 2.31. The van der Waals surface area contributed by atoms with Gasteiger partial charge in [0.05, 0.1) is 16.9 Å². The SMILES string of the molecule is Cc1nc([C@H]2CCN(C(=O)c3ccc4c(c3)NC(=O)C(C)(C)O4)C2)ncc1C(=O)N(C)C. The molecule has 3 amide bonds. The first kappa shape index (κ1) is 21.7. The van der Waals surface area contributed by atoms with Gasteiger partial charge in [0.2, 0.25) is 0 Å². The molecule has 168 valence electrons. The number of nitrogens with zero attached hydrogens (tertiary/aromatic N) is 4. The molecule has 1 aromatic carbocycles. The van der Waals surface area contributed by atoms with Crippen LogP contribution in [0.15, 0.2) is 24.4 Å². The van der Waals surface area contributed by atoms with Gasteiger partial charge in [-0.2, -0.15) is 0 Å². The smallest absolute Gasteiger partial charge is 0.268 e. The maximum absolute atomic E-state index is 13.1. The summed E-state index contributed by atoms with van der Waals surface area (Å²) in [6.45, 7) is 6.26. The standard InChI is InChI=1S/C23H27N5O4/c1-13-16(21(30)27(4)5)11-24-19(25-13)15-8-9-28(12-15)20(29)14-6-7-18-17(10-14)26-22(31)23(2,3)32-18/h6-7,10-11,15H,8-9,12H2,1-5H3,(H,26,31)/t15-/m0/s1. The molecule has 4 rings (SSSR count). The molecule has 2 aliphatic heterocycles. The number of aromatic nitrogens is 2. The number of amides is 3. The quantitative estimate of drug-likeness (QED) is 0.790. The first-order chi connectivity index (χ1) is 15.1. The van der Waals surface area contributed by atoms with E-state index in [1.807, 2.05) is 0 Å². The summed E-state index contributed by atoms with van der Waals surface area (Å²) in [7, 11) is 3.38. The van der Waals surface area contributed by atoms with E-state index in [9.17, 15) is 14.4 Å². The lowest BCUT2D eigenvalue weighted by Crippen LogP contribution is -2.45. The van der Waals surface area contributed by atoms with Gasteiger partial charge in [0, 0.05) is 44.9 Å². The summed E-state index contributed by atoms with van der Waals surface area (Å²) in [5.41, 5.74) is 1.14. The van der Waals surface area contributed by atoms with E-state index in [4.69, 9.17) is 4.74 Å². The van der Waals surface area contributed by atoms with Crippen LogP contribution in [0.5, 0.6) is 5.75 Å². The van der Waals surface area contributed by atoms with Crippen LogP contribution in [0, 0.1) is 6.92 Å². The second kappa shape index (κ2) is 7.89. The molecule has 0 spiro atoms. The highest BCUT2D eigenvalue weighted by atomic mass is 16.5. The molecule has 9 nitrogen and oxygen atoms in total. The molecule has 0 aliphatic carbocycles. The van der Waals surface area contributed by atoms with Gasteiger partial charge in [-0.05, 0) is 45.4 Å². The number of carbonyl (C=O) groups excluding carboxylic acids is 3. The minimum absolute atomic E-state index is 0.00243. The van der Waals surface area contributed by atoms with Crippen molar-refractivity contribution in [2.24, 2.45) is 0 Å². The van der Waals surface area contributed by atoms with Crippen molar-refractivity contribution in [3.05, 3.63) is 47.0 Å². The van der Waals surface area contributed by atoms with Crippen molar-refractivity contribution in [2.45, 2.75) is 38.7 Å². The van der Waals surface area contributed by atoms with E-state index in [2.05, 4.69) is 15.3 Å². The Kier molecular flexibility index (Phi) is 5.36. The van der Waals surface area contributed by atoms with Gasteiger partial charge in [-0.25, -0.2) is 9.97 Å². The topological polar surface area (TPSA) is 105 Å². The second-order valence-electron chi connectivity index (χ2n) is 8.94. The number of hydrogen-bond acceptors (Lipinski definition) is 6. The van der Waals surface area contributed by atoms with E-state index in [1.54, 1.807) is 64.2 Å². The van der Waals surface area contributed by atoms with Crippen molar-refractivity contribution in [2.75, 3.05) is 32.5 Å². The number of fused-ring (bicyclic) bond motifs is 1. The lowest BCUT2D eigenvalue weighted by molar-refractivity contribution is -0.129. The van der Waals surface area contributed by atoms with Crippen LogP contribution in [0.2, 0.25) is 0 Å². The van der Waals surface area contributed by atoms with Crippen molar-refractivity contribution in [3.8, 4) is 5.75 Å². The predicted molar refractivity (Wildman–Crippen MR) is 118 cm³/mol. The fourth-order valence-electron chi connectivity index (χ4n) is 3.91. The molecule has 1 fully saturated rings. The van der Waals surface area contributed by atoms with E-state index < -0.39 is 5.60 Å². The Hall–Kier alpha value is -3.49. The van der Waals surface area contributed by atoms with Gasteiger partial charge in [0.25, 0.3) is 17.7 Å². The summed E-state index contributed by atoms with van der Waals surface area (Å²) in [5, 5.41) is 2.81. The van der Waals surface area contributed by atoms with Crippen molar-refractivity contribution in [1.29, 1.82) is 0 Å². The third-order valence-corrected chi connectivity index (χ3v) is 5.86. The molecule has 1 N–H and O–H groups in total. The van der Waals surface area contributed by atoms with Crippen LogP contribution in [0.4, 0.5) is 5.69 Å². The van der Waals surface area contributed by atoms with Crippen molar-refractivity contribution >= 4 is 23.4 Å². The number of anilines is 1. The van der Waals surface area contributed by atoms with Crippen LogP contribution in [0.1, 0.15) is 58.4 Å². The molecule has 2 aromatic rings. The van der Waals surface area contributed by atoms with Crippen molar-refractivity contribution < 1.29 is 19.1 Å². The zero-order valence-corrected chi connectivity index (χ0v) is 18.9. The molecule has 3 heterocycles. The van der Waals surface area contributed by atoms with Crippen LogP contribution in [0.25, 0.3) is 0 Å². The Labute approximate surface area is 186 Å². The van der Waals surface area contributed by atoms with Gasteiger partial charge in [0.1, 0.15) is 11.6 Å². The lowest BCUT2D eigenvalue weighted by atomic mass is 10.0. The summed E-state index contributed by atoms with van der Waals surface area (Å²) in [5.74, 6) is 0.681. The minimum Gasteiger partial charge on any atom is -0.476 e. The summed E-state index contributed by atoms with van der Waals surface area (Å²) in [4.78, 5) is 49.7. The Bertz CT molecular complexity index is 1110. The zero-order chi connectivity index (χ0) is 23.2. The Morgan fingerprint density at radius 2 is 2.03 bits per heavy atom. The fourth-order valence-corrected chi connectivity index (χ4v) is 3.91. The van der Waals surface area contributed by atoms with Crippen LogP contribution >= 0.6 is 0 Å². The highest BCUT2D eigenvalue weighted by Gasteiger charge is 2.36. The molecule has 0 saturated carbocycles. The van der Waals surface area contributed by atoms with Gasteiger partial charge in [0.15, 0.2) is 5.60 Å². The number of aryl methyl sites for hydroxylation is 1. The maximum Gasteiger partial charge on any atom is 0.268 e. The number of likely N-dealkylation sites (tertiary alicyclic amines) is 1. The third-order valence-electron chi connectivity index (χ3n) is 5.86. The molecular weight excluding hydrogens is 410 g/mol. The molecule has 1 saturated heterocycles. The monoisotopic (exact) mass is 437 g/mol. The molecule has 32 heavy (non-hydrogen) atoms. The van der Waals surface area contributed by atoms with E-state index in [-0.39, 0.29) is 23.6 Å². The first-order valence-corrected chi connectivity index (χ1v) is 10.6. The Morgan fingerprint density at radius 3 is 2.72 bits per heavy atom. The van der Waals surface area contributed by atoms with Gasteiger partial charge < -0.3 is 19.9 Å². The molecule has 1 aromatic heterocycles. The largest absolute Gasteiger partial charge is 0.476 e. The highest BCUT2D eigenvalue weighted by Crippen LogP contribution is 2.35. The average Bonchev–Trinajstić information content (AvgIpc) is 3.23. The maximum atomic E-state index is 13.1. The molecular formula is C23H27N5O4. The van der Waals surface area contributed by atoms with E-state index in [0.717, 1.165) is 6.42 Å². The zero-order valence-electron chi connectivity index (χ0n) is 18.9. The van der Waals surface area contributed by atoms with Crippen LogP contribution < -0.4 is 10.1 Å². The minimum atomic E-state index is -0.953. The number of ether oxygens (including phenoxy) is 1. The first-order valence-electron chi connectivity index (χ1n) is 10.6. The predicted octanol–water partition coefficient (Wildman–Crippen LogP) is 2.23. The molecule has 1 atom stereocenters. The van der Waals surface area contributed by atoms with Crippen LogP contribution in [0.3, 0.4) is 0 Å². The number of rotatable bonds is 3. The highest BCUT2D eigenvalue weighted by molar-refractivity contribution is 6.02. The fraction of sp³-hybridized carbons (Fsp3) is 0.435. The summed E-state index contributed by atoms with van der Waals surface area (Å²) in [6, 6.07) is 5.08. The number of carbonyl (C=O) groups is 3. The van der Waals surface area contributed by atoms with Gasteiger partial charge in [-0.1, -0.05) is 0 Å². The molecule has 0 radical (unpaired) electrons. The normalized spacial score (nSPS) is 19.1. The second-order valence-corrected chi connectivity index (χ2v) is 8.94. The van der Waals surface area contributed by atoms with Crippen molar-refractivity contribution in [3.63, 3.8) is 0 Å². The Morgan fingerprint density at radius 1 is 1.28 bits per heavy atom. The van der Waals surface area contributed by atoms with E-state index in [0.29, 0.717) is 47.2 Å². The van der Waals surface area contributed by atoms with E-state index >= 15 is 0 Å². The van der Waals surface area contributed by atoms with Gasteiger partial charge in [-0.15, -0.1) is 0 Å². The van der Waals surface area contributed by atoms with Crippen LogP contribution in [-0.4, -0.2) is 70.3 Å². The molecule has 0 unspecified atom stereocenters. The number of hydrogen-bond donors (Lipinski definition) is 1. The average molecular weight is 438 g/mol.